The van der Waals surface area contributed by atoms with Crippen LogP contribution in [0.5, 0.6) is 0 Å². The summed E-state index contributed by atoms with van der Waals surface area (Å²) in [5.41, 5.74) is 9.80. The Labute approximate surface area is 299 Å². The number of hydrogen-bond donors (Lipinski definition) is 0. The monoisotopic (exact) mass is 710 g/mol. The molecular formula is C42H46Cl2Zr-2. The quantitative estimate of drug-likeness (QED) is 0.215. The van der Waals surface area contributed by atoms with Crippen molar-refractivity contribution in [2.45, 2.75) is 79.6 Å². The minimum Gasteiger partial charge on any atom is -1.00 e. The van der Waals surface area contributed by atoms with Crippen molar-refractivity contribution in [3.63, 3.8) is 0 Å². The molecule has 5 aromatic carbocycles. The van der Waals surface area contributed by atoms with Crippen LogP contribution in [0.2, 0.25) is 0 Å². The normalized spacial score (nSPS) is 12.3. The molecular weight excluding hydrogens is 667 g/mol. The van der Waals surface area contributed by atoms with Gasteiger partial charge in [-0.2, -0.15) is 6.08 Å². The predicted molar refractivity (Wildman–Crippen MR) is 186 cm³/mol. The summed E-state index contributed by atoms with van der Waals surface area (Å²) >= 11 is 1.46. The third kappa shape index (κ3) is 10.5. The second-order valence-electron chi connectivity index (χ2n) is 13.8. The first-order valence-corrected chi connectivity index (χ1v) is 16.6. The molecule has 0 aliphatic heterocycles. The summed E-state index contributed by atoms with van der Waals surface area (Å²) in [6.07, 6.45) is 8.33. The van der Waals surface area contributed by atoms with Crippen LogP contribution >= 0.6 is 0 Å². The van der Waals surface area contributed by atoms with E-state index < -0.39 is 0 Å². The Hall–Kier alpha value is -2.44. The molecule has 0 heterocycles. The Morgan fingerprint density at radius 2 is 1.02 bits per heavy atom. The van der Waals surface area contributed by atoms with E-state index in [1.165, 1.54) is 87.9 Å². The molecule has 3 heteroatoms. The van der Waals surface area contributed by atoms with Gasteiger partial charge in [-0.1, -0.05) is 83.9 Å². The summed E-state index contributed by atoms with van der Waals surface area (Å²) in [4.78, 5) is 0. The zero-order chi connectivity index (χ0) is 31.4. The maximum absolute atomic E-state index is 3.12. The molecule has 0 amide bonds. The molecule has 1 aliphatic carbocycles. The maximum Gasteiger partial charge on any atom is -1.00 e. The van der Waals surface area contributed by atoms with Crippen molar-refractivity contribution in [2.75, 3.05) is 0 Å². The van der Waals surface area contributed by atoms with Gasteiger partial charge in [-0.15, -0.1) is 46.2 Å². The fraction of sp³-hybridized carbons (Fsp3) is 0.286. The Morgan fingerprint density at radius 3 is 1.31 bits per heavy atom. The zero-order valence-corrected chi connectivity index (χ0v) is 32.2. The van der Waals surface area contributed by atoms with E-state index in [4.69, 9.17) is 0 Å². The summed E-state index contributed by atoms with van der Waals surface area (Å²) in [5, 5.41) is 5.48. The summed E-state index contributed by atoms with van der Waals surface area (Å²) < 4.78 is 1.42. The van der Waals surface area contributed by atoms with Crippen molar-refractivity contribution in [1.82, 2.24) is 0 Å². The van der Waals surface area contributed by atoms with Gasteiger partial charge >= 0.3 is 112 Å². The maximum atomic E-state index is 3.12. The van der Waals surface area contributed by atoms with Crippen molar-refractivity contribution in [3.05, 3.63) is 148 Å². The number of allylic oxidation sites excluding steroid dienone is 4. The first-order valence-electron chi connectivity index (χ1n) is 15.3. The van der Waals surface area contributed by atoms with Crippen LogP contribution in [0.3, 0.4) is 0 Å². The van der Waals surface area contributed by atoms with E-state index in [2.05, 4.69) is 172 Å². The topological polar surface area (TPSA) is 0 Å². The third-order valence-corrected chi connectivity index (χ3v) is 9.40. The average molecular weight is 713 g/mol. The van der Waals surface area contributed by atoms with Crippen molar-refractivity contribution in [1.29, 1.82) is 0 Å². The van der Waals surface area contributed by atoms with Crippen molar-refractivity contribution >= 4 is 24.8 Å². The SMILES string of the molecule is CC(C)(C)c1ccc2c(c1)[cH-]c1cc(C(C)(C)C)ccc12.CC1=[C-]CC=C1.Cc1ccc([C](=[Zr+2])c2ccc(C)cc2)cc1.[Cl-].[Cl-]. The van der Waals surface area contributed by atoms with Crippen LogP contribution in [0.1, 0.15) is 88.3 Å². The molecule has 0 fully saturated rings. The van der Waals surface area contributed by atoms with Gasteiger partial charge in [0.25, 0.3) is 0 Å². The molecule has 0 saturated carbocycles. The molecule has 0 radical (unpaired) electrons. The Kier molecular flexibility index (Phi) is 14.1. The van der Waals surface area contributed by atoms with Crippen molar-refractivity contribution in [2.24, 2.45) is 0 Å². The molecule has 1 aliphatic rings. The Bertz CT molecular complexity index is 1650. The largest absolute Gasteiger partial charge is 1.00 e. The molecule has 0 bridgehead atoms. The number of rotatable bonds is 2. The number of hydrogen-bond acceptors (Lipinski definition) is 0. The molecule has 0 aromatic heterocycles. The van der Waals surface area contributed by atoms with Crippen LogP contribution in [0.4, 0.5) is 0 Å². The minimum absolute atomic E-state index is 0. The zero-order valence-electron chi connectivity index (χ0n) is 28.3. The third-order valence-electron chi connectivity index (χ3n) is 7.98. The van der Waals surface area contributed by atoms with E-state index in [-0.39, 0.29) is 35.6 Å². The van der Waals surface area contributed by atoms with Gasteiger partial charge in [0.1, 0.15) is 0 Å². The van der Waals surface area contributed by atoms with Gasteiger partial charge < -0.3 is 24.8 Å². The van der Waals surface area contributed by atoms with Crippen molar-refractivity contribution < 1.29 is 49.0 Å². The van der Waals surface area contributed by atoms with Gasteiger partial charge in [-0.25, -0.2) is 11.6 Å². The van der Waals surface area contributed by atoms with Gasteiger partial charge in [-0.3, -0.25) is 6.08 Å². The van der Waals surface area contributed by atoms with Gasteiger partial charge in [-0.05, 0) is 10.8 Å². The molecule has 0 nitrogen and oxygen atoms in total. The van der Waals surface area contributed by atoms with Crippen LogP contribution < -0.4 is 24.8 Å². The fourth-order valence-corrected chi connectivity index (χ4v) is 5.90. The van der Waals surface area contributed by atoms with Crippen LogP contribution in [-0.4, -0.2) is 3.21 Å². The smallest absolute Gasteiger partial charge is 1.00 e. The van der Waals surface area contributed by atoms with E-state index in [1.54, 1.807) is 0 Å². The van der Waals surface area contributed by atoms with Gasteiger partial charge in [0.05, 0.1) is 0 Å². The van der Waals surface area contributed by atoms with Gasteiger partial charge in [0.15, 0.2) is 0 Å². The van der Waals surface area contributed by atoms with Gasteiger partial charge in [0.2, 0.25) is 0 Å². The van der Waals surface area contributed by atoms with Gasteiger partial charge in [0, 0.05) is 0 Å². The predicted octanol–water partition coefficient (Wildman–Crippen LogP) is 5.43. The fourth-order valence-electron chi connectivity index (χ4n) is 5.08. The van der Waals surface area contributed by atoms with E-state index in [9.17, 15) is 0 Å². The number of fused-ring (bicyclic) bond motifs is 3. The number of halogens is 2. The number of benzene rings is 4. The molecule has 5 aromatic rings. The molecule has 0 saturated heterocycles. The van der Waals surface area contributed by atoms with Crippen LogP contribution in [0, 0.1) is 19.9 Å². The first kappa shape index (κ1) is 38.7. The van der Waals surface area contributed by atoms with Crippen LogP contribution in [0.15, 0.2) is 109 Å². The summed E-state index contributed by atoms with van der Waals surface area (Å²) in [6, 6.07) is 33.7. The van der Waals surface area contributed by atoms with E-state index in [0.717, 1.165) is 6.42 Å². The standard InChI is InChI=1S/C21H25.C15H14.C6H7.2ClH.Zr/c1-20(2,3)16-7-9-18-14(12-16)11-15-13-17(21(4,5)6)8-10-19(15)18;1-12-3-7-14(8-4-12)11-15-9-5-13(2)6-10-15;1-6-4-2-3-5-6;;;/h7-13H,1-6H3;3-10H,1-2H3;2,4H,3H2,1H3;2*1H;/q-1;;-1;;;+2/p-2. The molecule has 0 unspecified atom stereocenters. The average Bonchev–Trinajstić information content (AvgIpc) is 3.59. The first-order chi connectivity index (χ1) is 20.2. The molecule has 6 rings (SSSR count). The van der Waals surface area contributed by atoms with E-state index in [0.29, 0.717) is 0 Å². The Morgan fingerprint density at radius 1 is 0.622 bits per heavy atom. The molecule has 45 heavy (non-hydrogen) atoms. The summed E-state index contributed by atoms with van der Waals surface area (Å²) in [5.74, 6) is 0. The Balaban J connectivity index is 0.000000260. The summed E-state index contributed by atoms with van der Waals surface area (Å²) in [7, 11) is 0. The molecule has 0 spiro atoms. The van der Waals surface area contributed by atoms with E-state index >= 15 is 0 Å². The second-order valence-corrected chi connectivity index (χ2v) is 15.1. The van der Waals surface area contributed by atoms with Crippen LogP contribution in [0.25, 0.3) is 21.5 Å². The molecule has 234 valence electrons. The van der Waals surface area contributed by atoms with Crippen LogP contribution in [-0.2, 0) is 35.1 Å². The minimum atomic E-state index is 0. The molecule has 0 atom stereocenters. The number of aryl methyl sites for hydroxylation is 2. The molecule has 0 N–H and O–H groups in total. The second kappa shape index (κ2) is 16.4. The van der Waals surface area contributed by atoms with Crippen molar-refractivity contribution in [3.8, 4) is 0 Å². The van der Waals surface area contributed by atoms with E-state index in [1.807, 2.05) is 0 Å². The summed E-state index contributed by atoms with van der Waals surface area (Å²) in [6.45, 7) is 19.9.